The largest absolute Gasteiger partial charge is 0.497 e. The van der Waals surface area contributed by atoms with Crippen molar-refractivity contribution in [1.82, 2.24) is 9.97 Å². The quantitative estimate of drug-likeness (QED) is 0.601. The Bertz CT molecular complexity index is 848. The van der Waals surface area contributed by atoms with E-state index in [2.05, 4.69) is 29.5 Å². The van der Waals surface area contributed by atoms with Crippen molar-refractivity contribution in [2.45, 2.75) is 20.4 Å². The summed E-state index contributed by atoms with van der Waals surface area (Å²) in [6, 6.07) is 20.0. The molecule has 3 rings (SSSR count). The molecule has 1 heterocycles. The highest BCUT2D eigenvalue weighted by molar-refractivity contribution is 5.61. The molecule has 140 valence electrons. The molecule has 0 bridgehead atoms. The summed E-state index contributed by atoms with van der Waals surface area (Å²) in [5.74, 6) is 3.73. The molecule has 0 atom stereocenters. The van der Waals surface area contributed by atoms with Crippen molar-refractivity contribution in [2.24, 2.45) is 5.92 Å². The van der Waals surface area contributed by atoms with Gasteiger partial charge in [0.2, 0.25) is 0 Å². The van der Waals surface area contributed by atoms with Crippen LogP contribution in [0.15, 0.2) is 60.7 Å². The first kappa shape index (κ1) is 18.7. The summed E-state index contributed by atoms with van der Waals surface area (Å²) in [6.07, 6.45) is 0. The Labute approximate surface area is 160 Å². The molecule has 0 radical (unpaired) electrons. The van der Waals surface area contributed by atoms with Gasteiger partial charge in [0.15, 0.2) is 5.82 Å². The minimum Gasteiger partial charge on any atom is -0.497 e. The molecule has 27 heavy (non-hydrogen) atoms. The highest BCUT2D eigenvalue weighted by Crippen LogP contribution is 2.21. The number of benzene rings is 2. The fourth-order valence-corrected chi connectivity index (χ4v) is 2.59. The SMILES string of the molecule is COc1ccc(CNc2cc(NCC(C)C)nc(-c3ccccc3)n2)cc1. The van der Waals surface area contributed by atoms with Gasteiger partial charge in [0.1, 0.15) is 17.4 Å². The summed E-state index contributed by atoms with van der Waals surface area (Å²) in [5, 5.41) is 6.80. The fraction of sp³-hybridized carbons (Fsp3) is 0.273. The molecule has 0 aliphatic carbocycles. The van der Waals surface area contributed by atoms with Crippen LogP contribution in [-0.2, 0) is 6.54 Å². The molecule has 0 aliphatic heterocycles. The van der Waals surface area contributed by atoms with Gasteiger partial charge in [-0.05, 0) is 23.6 Å². The number of methoxy groups -OCH3 is 1. The van der Waals surface area contributed by atoms with Gasteiger partial charge in [-0.3, -0.25) is 0 Å². The summed E-state index contributed by atoms with van der Waals surface area (Å²) in [6.45, 7) is 5.90. The number of anilines is 2. The lowest BCUT2D eigenvalue weighted by Crippen LogP contribution is -2.11. The first-order valence-electron chi connectivity index (χ1n) is 9.19. The highest BCUT2D eigenvalue weighted by Gasteiger charge is 2.07. The van der Waals surface area contributed by atoms with E-state index in [4.69, 9.17) is 9.72 Å². The number of hydrogen-bond donors (Lipinski definition) is 2. The molecule has 0 amide bonds. The second-order valence-electron chi connectivity index (χ2n) is 6.80. The lowest BCUT2D eigenvalue weighted by Gasteiger charge is -2.13. The van der Waals surface area contributed by atoms with Crippen LogP contribution in [0.2, 0.25) is 0 Å². The van der Waals surface area contributed by atoms with E-state index in [1.807, 2.05) is 60.7 Å². The van der Waals surface area contributed by atoms with Gasteiger partial charge in [-0.15, -0.1) is 0 Å². The maximum Gasteiger partial charge on any atom is 0.163 e. The van der Waals surface area contributed by atoms with E-state index in [0.29, 0.717) is 18.3 Å². The summed E-state index contributed by atoms with van der Waals surface area (Å²) in [4.78, 5) is 9.37. The molecular formula is C22H26N4O. The zero-order chi connectivity index (χ0) is 19.1. The molecule has 5 heteroatoms. The first-order valence-corrected chi connectivity index (χ1v) is 9.19. The van der Waals surface area contributed by atoms with Gasteiger partial charge in [-0.25, -0.2) is 9.97 Å². The van der Waals surface area contributed by atoms with Crippen molar-refractivity contribution >= 4 is 11.6 Å². The minimum atomic E-state index is 0.538. The topological polar surface area (TPSA) is 59.1 Å². The molecule has 3 aromatic rings. The van der Waals surface area contributed by atoms with Crippen LogP contribution >= 0.6 is 0 Å². The lowest BCUT2D eigenvalue weighted by atomic mass is 10.2. The smallest absolute Gasteiger partial charge is 0.163 e. The van der Waals surface area contributed by atoms with Crippen LogP contribution in [-0.4, -0.2) is 23.6 Å². The van der Waals surface area contributed by atoms with Crippen molar-refractivity contribution in [3.05, 3.63) is 66.2 Å². The van der Waals surface area contributed by atoms with E-state index in [1.54, 1.807) is 7.11 Å². The van der Waals surface area contributed by atoms with Crippen LogP contribution in [0.1, 0.15) is 19.4 Å². The summed E-state index contributed by atoms with van der Waals surface area (Å²) in [5.41, 5.74) is 2.16. The van der Waals surface area contributed by atoms with Crippen LogP contribution in [0, 0.1) is 5.92 Å². The molecule has 0 fully saturated rings. The standard InChI is InChI=1S/C22H26N4O/c1-16(2)14-23-20-13-21(24-15-17-9-11-19(27-3)12-10-17)26-22(25-20)18-7-5-4-6-8-18/h4-13,16H,14-15H2,1-3H3,(H2,23,24,25,26). The molecule has 2 aromatic carbocycles. The Morgan fingerprint density at radius 3 is 2.19 bits per heavy atom. The predicted octanol–water partition coefficient (Wildman–Crippen LogP) is 4.83. The average Bonchev–Trinajstić information content (AvgIpc) is 2.71. The third-order valence-corrected chi connectivity index (χ3v) is 4.08. The van der Waals surface area contributed by atoms with Gasteiger partial charge >= 0.3 is 0 Å². The van der Waals surface area contributed by atoms with Crippen molar-refractivity contribution < 1.29 is 4.74 Å². The van der Waals surface area contributed by atoms with E-state index in [1.165, 1.54) is 0 Å². The molecule has 0 saturated heterocycles. The normalized spacial score (nSPS) is 10.7. The summed E-state index contributed by atoms with van der Waals surface area (Å²) >= 11 is 0. The van der Waals surface area contributed by atoms with Gasteiger partial charge in [-0.2, -0.15) is 0 Å². The van der Waals surface area contributed by atoms with Crippen LogP contribution in [0.5, 0.6) is 5.75 Å². The number of ether oxygens (including phenoxy) is 1. The van der Waals surface area contributed by atoms with Gasteiger partial charge in [-0.1, -0.05) is 56.3 Å². The van der Waals surface area contributed by atoms with E-state index in [0.717, 1.165) is 35.1 Å². The number of nitrogens with zero attached hydrogens (tertiary/aromatic N) is 2. The van der Waals surface area contributed by atoms with E-state index in [-0.39, 0.29) is 0 Å². The lowest BCUT2D eigenvalue weighted by molar-refractivity contribution is 0.414. The Kier molecular flexibility index (Phi) is 6.26. The number of nitrogens with one attached hydrogen (secondary N) is 2. The summed E-state index contributed by atoms with van der Waals surface area (Å²) < 4.78 is 5.21. The zero-order valence-electron chi connectivity index (χ0n) is 16.1. The second kappa shape index (κ2) is 9.03. The number of rotatable bonds is 8. The molecule has 2 N–H and O–H groups in total. The maximum atomic E-state index is 5.21. The fourth-order valence-electron chi connectivity index (χ4n) is 2.59. The molecule has 5 nitrogen and oxygen atoms in total. The van der Waals surface area contributed by atoms with E-state index in [9.17, 15) is 0 Å². The van der Waals surface area contributed by atoms with E-state index >= 15 is 0 Å². The summed E-state index contributed by atoms with van der Waals surface area (Å²) in [7, 11) is 1.67. The van der Waals surface area contributed by atoms with Gasteiger partial charge < -0.3 is 15.4 Å². The monoisotopic (exact) mass is 362 g/mol. The predicted molar refractivity (Wildman–Crippen MR) is 111 cm³/mol. The van der Waals surface area contributed by atoms with Crippen LogP contribution in [0.4, 0.5) is 11.6 Å². The van der Waals surface area contributed by atoms with Crippen molar-refractivity contribution in [3.63, 3.8) is 0 Å². The van der Waals surface area contributed by atoms with Crippen molar-refractivity contribution in [2.75, 3.05) is 24.3 Å². The van der Waals surface area contributed by atoms with E-state index < -0.39 is 0 Å². The minimum absolute atomic E-state index is 0.538. The zero-order valence-corrected chi connectivity index (χ0v) is 16.1. The Balaban J connectivity index is 1.80. The maximum absolute atomic E-state index is 5.21. The number of aromatic nitrogens is 2. The van der Waals surface area contributed by atoms with Gasteiger partial charge in [0, 0.05) is 24.7 Å². The average molecular weight is 362 g/mol. The van der Waals surface area contributed by atoms with Crippen LogP contribution in [0.25, 0.3) is 11.4 Å². The van der Waals surface area contributed by atoms with Crippen LogP contribution < -0.4 is 15.4 Å². The highest BCUT2D eigenvalue weighted by atomic mass is 16.5. The molecule has 0 aliphatic rings. The molecular weight excluding hydrogens is 336 g/mol. The third-order valence-electron chi connectivity index (χ3n) is 4.08. The molecule has 0 spiro atoms. The second-order valence-corrected chi connectivity index (χ2v) is 6.80. The number of hydrogen-bond acceptors (Lipinski definition) is 5. The van der Waals surface area contributed by atoms with Gasteiger partial charge in [0.05, 0.1) is 7.11 Å². The van der Waals surface area contributed by atoms with Crippen molar-refractivity contribution in [3.8, 4) is 17.1 Å². The molecule has 0 unspecified atom stereocenters. The van der Waals surface area contributed by atoms with Crippen LogP contribution in [0.3, 0.4) is 0 Å². The Hall–Kier alpha value is -3.08. The Morgan fingerprint density at radius 1 is 0.889 bits per heavy atom. The molecule has 1 aromatic heterocycles. The Morgan fingerprint density at radius 2 is 1.56 bits per heavy atom. The van der Waals surface area contributed by atoms with Gasteiger partial charge in [0.25, 0.3) is 0 Å². The third kappa shape index (κ3) is 5.45. The first-order chi connectivity index (χ1) is 13.1. The van der Waals surface area contributed by atoms with Crippen molar-refractivity contribution in [1.29, 1.82) is 0 Å². The molecule has 0 saturated carbocycles.